The van der Waals surface area contributed by atoms with Crippen molar-refractivity contribution in [1.29, 1.82) is 0 Å². The van der Waals surface area contributed by atoms with Crippen LogP contribution in [0.5, 0.6) is 5.88 Å². The average Bonchev–Trinajstić information content (AvgIpc) is 3.65. The van der Waals surface area contributed by atoms with Gasteiger partial charge in [0.25, 0.3) is 0 Å². The van der Waals surface area contributed by atoms with E-state index in [4.69, 9.17) is 38.7 Å². The number of carbonyl (C=O) groups is 2. The van der Waals surface area contributed by atoms with Crippen LogP contribution < -0.4 is 14.5 Å². The average molecular weight is 881 g/mol. The second kappa shape index (κ2) is 23.7. The number of ether oxygens (including phenoxy) is 7. The van der Waals surface area contributed by atoms with E-state index in [1.807, 2.05) is 24.3 Å². The van der Waals surface area contributed by atoms with E-state index >= 15 is 0 Å². The van der Waals surface area contributed by atoms with Gasteiger partial charge in [-0.15, -0.1) is 0 Å². The molecule has 2 aliphatic rings. The van der Waals surface area contributed by atoms with Gasteiger partial charge < -0.3 is 43.0 Å². The molecule has 2 amide bonds. The molecule has 0 saturated carbocycles. The van der Waals surface area contributed by atoms with Crippen LogP contribution in [0.4, 0.5) is 30.2 Å². The number of halogens is 3. The van der Waals surface area contributed by atoms with Crippen molar-refractivity contribution >= 4 is 39.8 Å². The molecule has 4 heterocycles. The Kier molecular flexibility index (Phi) is 17.7. The SMILES string of the molecule is COc1ccc(-c2ccc3ncc4c(c3c2)N(c2ccc(N3CCN(C(=O)CCOCCOCCOCCOCCOCCOCCN=[N+]=[N-])CC3)c(C(F)(F)F)c2)C(=O)C4)cn1. The molecule has 1 fully saturated rings. The number of hydrogen-bond acceptors (Lipinski definition) is 13. The first-order valence-electron chi connectivity index (χ1n) is 20.6. The number of fused-ring (bicyclic) bond motifs is 3. The molecule has 0 unspecified atom stereocenters. The summed E-state index contributed by atoms with van der Waals surface area (Å²) in [5.74, 6) is -0.0441. The quantitative estimate of drug-likeness (QED) is 0.0329. The topological polar surface area (TPSA) is 183 Å². The third-order valence-corrected chi connectivity index (χ3v) is 10.2. The van der Waals surface area contributed by atoms with Crippen molar-refractivity contribution in [1.82, 2.24) is 14.9 Å². The highest BCUT2D eigenvalue weighted by atomic mass is 19.4. The zero-order valence-corrected chi connectivity index (χ0v) is 35.1. The Hall–Kier alpha value is -5.60. The van der Waals surface area contributed by atoms with Crippen molar-refractivity contribution in [3.63, 3.8) is 0 Å². The lowest BCUT2D eigenvalue weighted by Crippen LogP contribution is -2.49. The number of carbonyl (C=O) groups excluding carboxylic acids is 2. The van der Waals surface area contributed by atoms with Crippen LogP contribution in [0.2, 0.25) is 0 Å². The van der Waals surface area contributed by atoms with Gasteiger partial charge >= 0.3 is 6.18 Å². The van der Waals surface area contributed by atoms with Gasteiger partial charge in [-0.1, -0.05) is 11.2 Å². The van der Waals surface area contributed by atoms with Crippen molar-refractivity contribution in [2.75, 3.05) is 129 Å². The van der Waals surface area contributed by atoms with Crippen LogP contribution >= 0.6 is 0 Å². The number of azide groups is 1. The van der Waals surface area contributed by atoms with Crippen LogP contribution in [0, 0.1) is 0 Å². The minimum atomic E-state index is -4.72. The Labute approximate surface area is 362 Å². The van der Waals surface area contributed by atoms with Crippen molar-refractivity contribution in [3.05, 3.63) is 82.5 Å². The molecule has 0 atom stereocenters. The summed E-state index contributed by atoms with van der Waals surface area (Å²) in [4.78, 5) is 42.5. The molecule has 0 N–H and O–H groups in total. The molecule has 0 aliphatic carbocycles. The van der Waals surface area contributed by atoms with E-state index in [1.54, 1.807) is 34.3 Å². The van der Waals surface area contributed by atoms with Gasteiger partial charge in [-0.3, -0.25) is 19.5 Å². The van der Waals surface area contributed by atoms with Crippen molar-refractivity contribution in [3.8, 4) is 17.0 Å². The summed E-state index contributed by atoms with van der Waals surface area (Å²) >= 11 is 0. The molecule has 2 aromatic heterocycles. The molecule has 2 aliphatic heterocycles. The fourth-order valence-corrected chi connectivity index (χ4v) is 7.14. The molecule has 4 aromatic rings. The van der Waals surface area contributed by atoms with Gasteiger partial charge in [0.05, 0.1) is 116 Å². The van der Waals surface area contributed by atoms with Gasteiger partial charge in [0, 0.05) is 84.0 Å². The van der Waals surface area contributed by atoms with Gasteiger partial charge in [0.1, 0.15) is 0 Å². The highest BCUT2D eigenvalue weighted by Gasteiger charge is 2.38. The number of benzene rings is 2. The number of pyridine rings is 2. The predicted molar refractivity (Wildman–Crippen MR) is 226 cm³/mol. The van der Waals surface area contributed by atoms with E-state index in [9.17, 15) is 22.8 Å². The zero-order chi connectivity index (χ0) is 44.4. The second-order valence-corrected chi connectivity index (χ2v) is 14.3. The van der Waals surface area contributed by atoms with Gasteiger partial charge in [0.2, 0.25) is 17.7 Å². The molecule has 2 aromatic carbocycles. The minimum absolute atomic E-state index is 0.000967. The third kappa shape index (κ3) is 13.2. The summed E-state index contributed by atoms with van der Waals surface area (Å²) in [6, 6.07) is 13.1. The number of hydrogen-bond donors (Lipinski definition) is 0. The summed E-state index contributed by atoms with van der Waals surface area (Å²) in [5.41, 5.74) is 10.7. The Balaban J connectivity index is 0.909. The second-order valence-electron chi connectivity index (χ2n) is 14.3. The normalized spacial score (nSPS) is 14.0. The monoisotopic (exact) mass is 880 g/mol. The van der Waals surface area contributed by atoms with E-state index in [1.165, 1.54) is 18.1 Å². The van der Waals surface area contributed by atoms with Crippen LogP contribution in [0.3, 0.4) is 0 Å². The molecule has 1 saturated heterocycles. The fraction of sp³-hybridized carbons (Fsp3) is 0.488. The lowest BCUT2D eigenvalue weighted by atomic mass is 10.0. The van der Waals surface area contributed by atoms with E-state index in [0.717, 1.165) is 17.2 Å². The van der Waals surface area contributed by atoms with Crippen LogP contribution in [-0.2, 0) is 50.6 Å². The summed E-state index contributed by atoms with van der Waals surface area (Å²) in [5, 5.41) is 4.00. The smallest absolute Gasteiger partial charge is 0.418 e. The first-order valence-corrected chi connectivity index (χ1v) is 20.6. The van der Waals surface area contributed by atoms with Crippen molar-refractivity contribution in [2.24, 2.45) is 5.11 Å². The number of amides is 2. The Morgan fingerprint density at radius 3 is 1.97 bits per heavy atom. The van der Waals surface area contributed by atoms with E-state index in [2.05, 4.69) is 20.0 Å². The van der Waals surface area contributed by atoms with E-state index in [-0.39, 0.29) is 68.8 Å². The number of rotatable bonds is 25. The van der Waals surface area contributed by atoms with Gasteiger partial charge in [0.15, 0.2) is 0 Å². The lowest BCUT2D eigenvalue weighted by molar-refractivity contribution is -0.137. The Morgan fingerprint density at radius 2 is 1.38 bits per heavy atom. The van der Waals surface area contributed by atoms with Crippen LogP contribution in [0.1, 0.15) is 17.5 Å². The van der Waals surface area contributed by atoms with Crippen LogP contribution in [0.15, 0.2) is 66.0 Å². The maximum absolute atomic E-state index is 14.8. The van der Waals surface area contributed by atoms with Gasteiger partial charge in [-0.2, -0.15) is 13.2 Å². The molecule has 20 heteroatoms. The van der Waals surface area contributed by atoms with Gasteiger partial charge in [-0.05, 0) is 47.5 Å². The summed E-state index contributed by atoms with van der Waals surface area (Å²) in [7, 11) is 1.53. The molecular formula is C43H51F3N8O9. The molecule has 0 radical (unpaired) electrons. The number of alkyl halides is 3. The summed E-state index contributed by atoms with van der Waals surface area (Å²) in [6.45, 7) is 5.66. The molecule has 0 spiro atoms. The summed E-state index contributed by atoms with van der Waals surface area (Å²) < 4.78 is 82.1. The molecular weight excluding hydrogens is 830 g/mol. The molecule has 6 rings (SSSR count). The fourth-order valence-electron chi connectivity index (χ4n) is 7.14. The molecule has 63 heavy (non-hydrogen) atoms. The predicted octanol–water partition coefficient (Wildman–Crippen LogP) is 5.99. The maximum Gasteiger partial charge on any atom is 0.418 e. The number of methoxy groups -OCH3 is 1. The molecule has 338 valence electrons. The van der Waals surface area contributed by atoms with E-state index < -0.39 is 11.7 Å². The number of anilines is 3. The third-order valence-electron chi connectivity index (χ3n) is 10.2. The summed E-state index contributed by atoms with van der Waals surface area (Å²) in [6.07, 6.45) is -1.31. The number of aromatic nitrogens is 2. The van der Waals surface area contributed by atoms with Crippen molar-refractivity contribution in [2.45, 2.75) is 19.0 Å². The lowest BCUT2D eigenvalue weighted by Gasteiger charge is -2.37. The van der Waals surface area contributed by atoms with E-state index in [0.29, 0.717) is 107 Å². The Morgan fingerprint density at radius 1 is 0.762 bits per heavy atom. The molecule has 0 bridgehead atoms. The standard InChI is InChI=1S/C43H51F3N8O9/c1-57-39-7-3-32(29-49-39)31-2-5-37-35(26-31)42-33(30-48-37)27-41(56)54(42)34-4-6-38(36(28-34)43(44,45)46)52-10-12-53(13-11-52)40(55)8-14-58-16-18-60-20-22-62-24-25-63-23-21-61-19-17-59-15-9-50-51-47/h2-7,26,28-30H,8-25,27H2,1H3. The number of nitrogens with zero attached hydrogens (tertiary/aromatic N) is 8. The van der Waals surface area contributed by atoms with Crippen molar-refractivity contribution < 1.29 is 55.9 Å². The van der Waals surface area contributed by atoms with Crippen LogP contribution in [0.25, 0.3) is 32.5 Å². The first kappa shape index (κ1) is 46.9. The highest BCUT2D eigenvalue weighted by Crippen LogP contribution is 2.45. The molecule has 17 nitrogen and oxygen atoms in total. The number of piperazine rings is 1. The highest BCUT2D eigenvalue weighted by molar-refractivity contribution is 6.14. The maximum atomic E-state index is 14.8. The first-order chi connectivity index (χ1) is 30.7. The Bertz CT molecular complexity index is 2170. The van der Waals surface area contributed by atoms with Crippen LogP contribution in [-0.4, -0.2) is 146 Å². The zero-order valence-electron chi connectivity index (χ0n) is 35.1. The largest absolute Gasteiger partial charge is 0.481 e. The minimum Gasteiger partial charge on any atom is -0.481 e. The van der Waals surface area contributed by atoms with Gasteiger partial charge in [-0.25, -0.2) is 4.98 Å².